The molecule has 1 aromatic heterocycles. The summed E-state index contributed by atoms with van der Waals surface area (Å²) in [5.41, 5.74) is 1.85. The Morgan fingerprint density at radius 3 is 2.48 bits per heavy atom. The third kappa shape index (κ3) is 8.18. The maximum absolute atomic E-state index is 12.6. The van der Waals surface area contributed by atoms with Gasteiger partial charge in [-0.2, -0.15) is 0 Å². The number of carbonyl (C=O) groups excluding carboxylic acids is 3. The molecule has 0 spiro atoms. The Kier molecular flexibility index (Phi) is 12.6. The van der Waals surface area contributed by atoms with E-state index in [1.165, 1.54) is 26.2 Å². The van der Waals surface area contributed by atoms with E-state index in [2.05, 4.69) is 36.4 Å². The number of anilines is 1. The molecule has 9 heteroatoms. The van der Waals surface area contributed by atoms with Gasteiger partial charge < -0.3 is 20.1 Å². The van der Waals surface area contributed by atoms with E-state index in [9.17, 15) is 14.4 Å². The number of benzene rings is 1. The molecule has 4 aliphatic rings. The topological polar surface area (TPSA) is 107 Å². The summed E-state index contributed by atoms with van der Waals surface area (Å²) in [6.07, 6.45) is 14.3. The molecule has 4 saturated carbocycles. The van der Waals surface area contributed by atoms with Crippen LogP contribution in [0.5, 0.6) is 0 Å². The van der Waals surface area contributed by atoms with Gasteiger partial charge in [-0.05, 0) is 130 Å². The van der Waals surface area contributed by atoms with Crippen molar-refractivity contribution in [2.45, 2.75) is 130 Å². The molecular formula is C43H62ClN3O5. The summed E-state index contributed by atoms with van der Waals surface area (Å²) in [5, 5.41) is 9.08. The minimum Gasteiger partial charge on any atom is -0.462 e. The van der Waals surface area contributed by atoms with Crippen LogP contribution in [0.25, 0.3) is 10.9 Å². The maximum Gasteiger partial charge on any atom is 0.302 e. The highest BCUT2D eigenvalue weighted by atomic mass is 35.5. The first-order chi connectivity index (χ1) is 24.9. The van der Waals surface area contributed by atoms with Crippen molar-refractivity contribution in [2.75, 3.05) is 25.0 Å². The first-order valence-electron chi connectivity index (χ1n) is 20.3. The van der Waals surface area contributed by atoms with Crippen molar-refractivity contribution in [3.8, 4) is 0 Å². The molecule has 0 aliphatic heterocycles. The first kappa shape index (κ1) is 39.0. The van der Waals surface area contributed by atoms with Crippen LogP contribution in [0.3, 0.4) is 0 Å². The molecule has 2 aromatic rings. The Balaban J connectivity index is 0.976. The zero-order valence-electron chi connectivity index (χ0n) is 32.2. The van der Waals surface area contributed by atoms with Crippen LogP contribution in [0.2, 0.25) is 5.02 Å². The molecule has 0 amide bonds. The number of nitrogens with zero attached hydrogens (tertiary/aromatic N) is 1. The average Bonchev–Trinajstić information content (AvgIpc) is 3.45. The lowest BCUT2D eigenvalue weighted by Crippen LogP contribution is -2.63. The number of hydrogen-bond acceptors (Lipinski definition) is 8. The Morgan fingerprint density at radius 1 is 0.962 bits per heavy atom. The van der Waals surface area contributed by atoms with Crippen molar-refractivity contribution in [2.24, 2.45) is 46.3 Å². The Bertz CT molecular complexity index is 1590. The second-order valence-corrected chi connectivity index (χ2v) is 17.7. The largest absolute Gasteiger partial charge is 0.462 e. The monoisotopic (exact) mass is 735 g/mol. The van der Waals surface area contributed by atoms with Crippen molar-refractivity contribution >= 4 is 45.9 Å². The van der Waals surface area contributed by atoms with Crippen molar-refractivity contribution in [3.63, 3.8) is 0 Å². The highest BCUT2D eigenvalue weighted by Crippen LogP contribution is 2.69. The lowest BCUT2D eigenvalue weighted by atomic mass is 9.43. The van der Waals surface area contributed by atoms with Gasteiger partial charge in [0.1, 0.15) is 18.0 Å². The molecule has 286 valence electrons. The van der Waals surface area contributed by atoms with Gasteiger partial charge in [0.15, 0.2) is 0 Å². The molecule has 1 aromatic carbocycles. The quantitative estimate of drug-likeness (QED) is 0.138. The summed E-state index contributed by atoms with van der Waals surface area (Å²) in [4.78, 5) is 42.1. The van der Waals surface area contributed by atoms with Gasteiger partial charge in [-0.15, -0.1) is 0 Å². The van der Waals surface area contributed by atoms with Crippen LogP contribution < -0.4 is 10.6 Å². The van der Waals surface area contributed by atoms with Crippen LogP contribution in [0.4, 0.5) is 5.69 Å². The van der Waals surface area contributed by atoms with E-state index < -0.39 is 0 Å². The van der Waals surface area contributed by atoms with Gasteiger partial charge >= 0.3 is 11.9 Å². The van der Waals surface area contributed by atoms with E-state index in [0.29, 0.717) is 41.4 Å². The molecule has 4 unspecified atom stereocenters. The number of rotatable bonds is 15. The van der Waals surface area contributed by atoms with Gasteiger partial charge in [-0.1, -0.05) is 45.2 Å². The summed E-state index contributed by atoms with van der Waals surface area (Å²) in [5.74, 6) is 1.87. The molecule has 0 radical (unpaired) electrons. The maximum atomic E-state index is 12.6. The van der Waals surface area contributed by atoms with Gasteiger partial charge in [-0.3, -0.25) is 19.4 Å². The van der Waals surface area contributed by atoms with E-state index in [1.54, 1.807) is 6.92 Å². The number of Topliss-reactive ketones (excluding diaryl/α,β-unsaturated/α-hetero) is 1. The number of pyridine rings is 1. The van der Waals surface area contributed by atoms with Gasteiger partial charge in [0.2, 0.25) is 0 Å². The number of ether oxygens (including phenoxy) is 2. The van der Waals surface area contributed by atoms with Crippen LogP contribution in [0, 0.1) is 46.3 Å². The molecule has 2 N–H and O–H groups in total. The second-order valence-electron chi connectivity index (χ2n) is 17.2. The van der Waals surface area contributed by atoms with E-state index in [-0.39, 0.29) is 52.7 Å². The Hall–Kier alpha value is -2.71. The molecular weight excluding hydrogens is 674 g/mol. The van der Waals surface area contributed by atoms with Gasteiger partial charge in [0, 0.05) is 66.9 Å². The zero-order chi connectivity index (χ0) is 37.0. The highest BCUT2D eigenvalue weighted by Gasteiger charge is 2.67. The lowest BCUT2D eigenvalue weighted by Gasteiger charge is -2.63. The van der Waals surface area contributed by atoms with Crippen molar-refractivity contribution in [1.82, 2.24) is 10.3 Å². The number of esters is 2. The number of ketones is 1. The van der Waals surface area contributed by atoms with E-state index >= 15 is 0 Å². The summed E-state index contributed by atoms with van der Waals surface area (Å²) < 4.78 is 12.5. The number of carbonyl (C=O) groups is 3. The standard InChI is InChI=1S/C43H62ClN3O5/c1-27(11-10-20-45-19-8-6-7-9-21-46-37-17-22-47-38-25-31(44)12-13-33(37)38)34-14-15-35-41-36(26-40(43(34,35)5)52-29(3)49)42(4)18-16-32(50)23-30(42)24-39(41)51-28(2)48/h12-13,17,22,25,27,30,34-36,39-41,45H,6-11,14-16,18-21,23-24,26H2,1-5H3,(H,46,47)/t27?,30-,34+,35?,36?,39+,40-,41?,42-,43+/m0/s1. The molecule has 0 bridgehead atoms. The molecule has 4 aliphatic carbocycles. The molecule has 8 nitrogen and oxygen atoms in total. The van der Waals surface area contributed by atoms with E-state index in [1.807, 2.05) is 30.5 Å². The summed E-state index contributed by atoms with van der Waals surface area (Å²) in [7, 11) is 0. The SMILES string of the molecule is CC(=O)O[C@H]1CC2C(C3CC[C@H](C(C)CCCNCCCCCCNc4ccnc5cc(Cl)ccc45)[C@]31C)[C@H](OC(C)=O)C[C@@H]1CC(=O)CC[C@]21C. The van der Waals surface area contributed by atoms with Crippen molar-refractivity contribution < 1.29 is 23.9 Å². The van der Waals surface area contributed by atoms with Crippen molar-refractivity contribution in [3.05, 3.63) is 35.5 Å². The first-order valence-corrected chi connectivity index (χ1v) is 20.6. The molecule has 4 fully saturated rings. The highest BCUT2D eigenvalue weighted by molar-refractivity contribution is 6.31. The predicted octanol–water partition coefficient (Wildman–Crippen LogP) is 9.18. The van der Waals surface area contributed by atoms with Crippen molar-refractivity contribution in [1.29, 1.82) is 0 Å². The van der Waals surface area contributed by atoms with Gasteiger partial charge in [-0.25, -0.2) is 0 Å². The van der Waals surface area contributed by atoms with Crippen LogP contribution in [-0.2, 0) is 23.9 Å². The Morgan fingerprint density at radius 2 is 1.71 bits per heavy atom. The predicted molar refractivity (Wildman–Crippen MR) is 207 cm³/mol. The third-order valence-electron chi connectivity index (χ3n) is 14.2. The normalized spacial score (nSPS) is 33.1. The number of fused-ring (bicyclic) bond motifs is 6. The van der Waals surface area contributed by atoms with E-state index in [4.69, 9.17) is 21.1 Å². The zero-order valence-corrected chi connectivity index (χ0v) is 32.9. The van der Waals surface area contributed by atoms with Crippen LogP contribution >= 0.6 is 11.6 Å². The molecule has 52 heavy (non-hydrogen) atoms. The smallest absolute Gasteiger partial charge is 0.302 e. The second kappa shape index (κ2) is 16.8. The van der Waals surface area contributed by atoms with Gasteiger partial charge in [0.25, 0.3) is 0 Å². The molecule has 1 heterocycles. The number of nitrogens with one attached hydrogen (secondary N) is 2. The van der Waals surface area contributed by atoms with Gasteiger partial charge in [0.05, 0.1) is 5.52 Å². The summed E-state index contributed by atoms with van der Waals surface area (Å²) in [6, 6.07) is 7.88. The fourth-order valence-corrected chi connectivity index (χ4v) is 11.9. The fourth-order valence-electron chi connectivity index (χ4n) is 11.7. The number of aromatic nitrogens is 1. The summed E-state index contributed by atoms with van der Waals surface area (Å²) in [6.45, 7) is 13.2. The Labute approximate surface area is 316 Å². The van der Waals surface area contributed by atoms with Crippen LogP contribution in [-0.4, -0.2) is 54.5 Å². The number of halogens is 1. The molecule has 10 atom stereocenters. The third-order valence-corrected chi connectivity index (χ3v) is 14.5. The van der Waals surface area contributed by atoms with Crippen LogP contribution in [0.1, 0.15) is 118 Å². The number of unbranched alkanes of at least 4 members (excludes halogenated alkanes) is 3. The minimum absolute atomic E-state index is 0.00768. The average molecular weight is 736 g/mol. The minimum atomic E-state index is -0.230. The molecule has 6 rings (SSSR count). The van der Waals surface area contributed by atoms with E-state index in [0.717, 1.165) is 87.6 Å². The molecule has 0 saturated heterocycles. The summed E-state index contributed by atoms with van der Waals surface area (Å²) >= 11 is 6.13. The lowest BCUT2D eigenvalue weighted by molar-refractivity contribution is -0.219. The fraction of sp³-hybridized carbons (Fsp3) is 0.721. The van der Waals surface area contributed by atoms with Crippen LogP contribution in [0.15, 0.2) is 30.5 Å². The number of hydrogen-bond donors (Lipinski definition) is 2.